The van der Waals surface area contributed by atoms with Gasteiger partial charge in [0.15, 0.2) is 0 Å². The maximum Gasteiger partial charge on any atom is 0.329 e. The van der Waals surface area contributed by atoms with Crippen molar-refractivity contribution < 1.29 is 14.7 Å². The van der Waals surface area contributed by atoms with Crippen molar-refractivity contribution >= 4 is 12.0 Å². The van der Waals surface area contributed by atoms with E-state index in [1.807, 2.05) is 0 Å². The first kappa shape index (κ1) is 15.8. The molecule has 0 aromatic rings. The van der Waals surface area contributed by atoms with E-state index in [4.69, 9.17) is 0 Å². The van der Waals surface area contributed by atoms with E-state index in [-0.39, 0.29) is 6.03 Å². The van der Waals surface area contributed by atoms with Crippen LogP contribution in [0.25, 0.3) is 0 Å². The van der Waals surface area contributed by atoms with Gasteiger partial charge >= 0.3 is 12.0 Å². The Hall–Kier alpha value is -1.26. The standard InChI is InChI=1S/C14H26N2O3/c1-5-11(2)10-15(4)13(19)16-9-7-6-8-14(16,3)12(17)18/h11H,5-10H2,1-4H3,(H,17,18). The molecule has 1 fully saturated rings. The monoisotopic (exact) mass is 270 g/mol. The number of likely N-dealkylation sites (tertiary alicyclic amines) is 1. The first-order valence-electron chi connectivity index (χ1n) is 7.09. The van der Waals surface area contributed by atoms with E-state index in [1.165, 1.54) is 4.90 Å². The Kier molecular flexibility index (Phi) is 5.20. The molecule has 110 valence electrons. The number of carbonyl (C=O) groups is 2. The van der Waals surface area contributed by atoms with Gasteiger partial charge in [-0.15, -0.1) is 0 Å². The molecule has 1 aliphatic heterocycles. The van der Waals surface area contributed by atoms with Crippen LogP contribution in [0.1, 0.15) is 46.5 Å². The summed E-state index contributed by atoms with van der Waals surface area (Å²) in [5.41, 5.74) is -1.06. The number of aliphatic carboxylic acids is 1. The summed E-state index contributed by atoms with van der Waals surface area (Å²) in [6.07, 6.45) is 3.28. The summed E-state index contributed by atoms with van der Waals surface area (Å²) >= 11 is 0. The van der Waals surface area contributed by atoms with Gasteiger partial charge in [0.1, 0.15) is 5.54 Å². The zero-order valence-electron chi connectivity index (χ0n) is 12.5. The van der Waals surface area contributed by atoms with E-state index in [1.54, 1.807) is 18.9 Å². The van der Waals surface area contributed by atoms with Crippen LogP contribution in [-0.4, -0.2) is 52.6 Å². The fraction of sp³-hybridized carbons (Fsp3) is 0.857. The van der Waals surface area contributed by atoms with Crippen LogP contribution in [0.5, 0.6) is 0 Å². The van der Waals surface area contributed by atoms with Crippen molar-refractivity contribution in [3.05, 3.63) is 0 Å². The average Bonchev–Trinajstić information content (AvgIpc) is 2.38. The lowest BCUT2D eigenvalue weighted by atomic mass is 9.89. The molecule has 2 atom stereocenters. The first-order chi connectivity index (χ1) is 8.82. The zero-order chi connectivity index (χ0) is 14.6. The number of nitrogens with zero attached hydrogens (tertiary/aromatic N) is 2. The highest BCUT2D eigenvalue weighted by Crippen LogP contribution is 2.29. The molecular weight excluding hydrogens is 244 g/mol. The molecule has 1 rings (SSSR count). The highest BCUT2D eigenvalue weighted by molar-refractivity contribution is 5.86. The molecule has 1 heterocycles. The molecule has 1 N–H and O–H groups in total. The number of hydrogen-bond donors (Lipinski definition) is 1. The quantitative estimate of drug-likeness (QED) is 0.853. The number of amides is 2. The number of carboxylic acids is 1. The predicted molar refractivity (Wildman–Crippen MR) is 74.1 cm³/mol. The summed E-state index contributed by atoms with van der Waals surface area (Å²) in [4.78, 5) is 27.1. The highest BCUT2D eigenvalue weighted by atomic mass is 16.4. The fourth-order valence-corrected chi connectivity index (χ4v) is 2.53. The van der Waals surface area contributed by atoms with Gasteiger partial charge < -0.3 is 14.9 Å². The van der Waals surface area contributed by atoms with Crippen molar-refractivity contribution in [2.45, 2.75) is 52.0 Å². The smallest absolute Gasteiger partial charge is 0.329 e. The number of carboxylic acid groups (broad SMARTS) is 1. The van der Waals surface area contributed by atoms with E-state index in [9.17, 15) is 14.7 Å². The van der Waals surface area contributed by atoms with Gasteiger partial charge in [-0.1, -0.05) is 20.3 Å². The van der Waals surface area contributed by atoms with Gasteiger partial charge in [-0.2, -0.15) is 0 Å². The molecule has 1 saturated heterocycles. The first-order valence-corrected chi connectivity index (χ1v) is 7.09. The van der Waals surface area contributed by atoms with Crippen LogP contribution in [0.4, 0.5) is 4.79 Å². The molecule has 0 radical (unpaired) electrons. The molecule has 0 saturated carbocycles. The number of carbonyl (C=O) groups excluding carboxylic acids is 1. The highest BCUT2D eigenvalue weighted by Gasteiger charge is 2.44. The Balaban J connectivity index is 2.80. The van der Waals surface area contributed by atoms with Crippen LogP contribution in [0.15, 0.2) is 0 Å². The number of rotatable bonds is 4. The number of urea groups is 1. The van der Waals surface area contributed by atoms with Crippen LogP contribution >= 0.6 is 0 Å². The minimum Gasteiger partial charge on any atom is -0.480 e. The topological polar surface area (TPSA) is 60.9 Å². The second kappa shape index (κ2) is 6.26. The second-order valence-corrected chi connectivity index (χ2v) is 5.86. The summed E-state index contributed by atoms with van der Waals surface area (Å²) in [5.74, 6) is -0.479. The van der Waals surface area contributed by atoms with E-state index >= 15 is 0 Å². The van der Waals surface area contributed by atoms with Gasteiger partial charge in [0.25, 0.3) is 0 Å². The lowest BCUT2D eigenvalue weighted by Crippen LogP contribution is -2.60. The summed E-state index contributed by atoms with van der Waals surface area (Å²) in [6.45, 7) is 7.04. The largest absolute Gasteiger partial charge is 0.480 e. The van der Waals surface area contributed by atoms with Gasteiger partial charge in [0, 0.05) is 20.1 Å². The summed E-state index contributed by atoms with van der Waals surface area (Å²) in [6, 6.07) is -0.162. The zero-order valence-corrected chi connectivity index (χ0v) is 12.5. The normalized spacial score (nSPS) is 24.9. The molecule has 0 aliphatic carbocycles. The maximum atomic E-state index is 12.5. The van der Waals surface area contributed by atoms with E-state index < -0.39 is 11.5 Å². The van der Waals surface area contributed by atoms with E-state index in [2.05, 4.69) is 13.8 Å². The van der Waals surface area contributed by atoms with Crippen molar-refractivity contribution in [3.8, 4) is 0 Å². The van der Waals surface area contributed by atoms with E-state index in [0.717, 1.165) is 19.3 Å². The van der Waals surface area contributed by atoms with Gasteiger partial charge in [-0.25, -0.2) is 9.59 Å². The maximum absolute atomic E-state index is 12.5. The minimum absolute atomic E-state index is 0.162. The van der Waals surface area contributed by atoms with Crippen LogP contribution in [-0.2, 0) is 4.79 Å². The molecule has 2 unspecified atom stereocenters. The summed E-state index contributed by atoms with van der Waals surface area (Å²) in [7, 11) is 1.76. The Morgan fingerprint density at radius 3 is 2.58 bits per heavy atom. The Morgan fingerprint density at radius 1 is 1.42 bits per heavy atom. The van der Waals surface area contributed by atoms with Gasteiger partial charge in [-0.05, 0) is 32.1 Å². The van der Waals surface area contributed by atoms with Crippen LogP contribution in [0.3, 0.4) is 0 Å². The molecule has 5 heteroatoms. The second-order valence-electron chi connectivity index (χ2n) is 5.86. The minimum atomic E-state index is -1.06. The van der Waals surface area contributed by atoms with Crippen molar-refractivity contribution in [2.24, 2.45) is 5.92 Å². The Morgan fingerprint density at radius 2 is 2.05 bits per heavy atom. The van der Waals surface area contributed by atoms with Crippen molar-refractivity contribution in [3.63, 3.8) is 0 Å². The SMILES string of the molecule is CCC(C)CN(C)C(=O)N1CCCCC1(C)C(=O)O. The van der Waals surface area contributed by atoms with Crippen LogP contribution in [0, 0.1) is 5.92 Å². The molecule has 1 aliphatic rings. The summed E-state index contributed by atoms with van der Waals surface area (Å²) < 4.78 is 0. The molecule has 2 amide bonds. The third kappa shape index (κ3) is 3.39. The third-order valence-corrected chi connectivity index (χ3v) is 4.19. The van der Waals surface area contributed by atoms with Crippen LogP contribution in [0.2, 0.25) is 0 Å². The van der Waals surface area contributed by atoms with Gasteiger partial charge in [0.05, 0.1) is 0 Å². The molecular formula is C14H26N2O3. The number of hydrogen-bond acceptors (Lipinski definition) is 2. The Labute approximate surface area is 115 Å². The third-order valence-electron chi connectivity index (χ3n) is 4.19. The lowest BCUT2D eigenvalue weighted by molar-refractivity contribution is -0.150. The molecule has 0 spiro atoms. The van der Waals surface area contributed by atoms with Crippen molar-refractivity contribution in [1.29, 1.82) is 0 Å². The lowest BCUT2D eigenvalue weighted by Gasteiger charge is -2.43. The van der Waals surface area contributed by atoms with Gasteiger partial charge in [0.2, 0.25) is 0 Å². The molecule has 5 nitrogen and oxygen atoms in total. The Bertz CT molecular complexity index is 346. The molecule has 0 aromatic heterocycles. The molecule has 19 heavy (non-hydrogen) atoms. The van der Waals surface area contributed by atoms with Crippen molar-refractivity contribution in [1.82, 2.24) is 9.80 Å². The van der Waals surface area contributed by atoms with Crippen molar-refractivity contribution in [2.75, 3.05) is 20.1 Å². The predicted octanol–water partition coefficient (Wildman–Crippen LogP) is 2.41. The van der Waals surface area contributed by atoms with E-state index in [0.29, 0.717) is 25.4 Å². The number of piperidine rings is 1. The summed E-state index contributed by atoms with van der Waals surface area (Å²) in [5, 5.41) is 9.41. The van der Waals surface area contributed by atoms with Crippen LogP contribution < -0.4 is 0 Å². The van der Waals surface area contributed by atoms with Gasteiger partial charge in [-0.3, -0.25) is 0 Å². The average molecular weight is 270 g/mol. The molecule has 0 bridgehead atoms. The molecule has 0 aromatic carbocycles. The fourth-order valence-electron chi connectivity index (χ4n) is 2.53.